The highest BCUT2D eigenvalue weighted by molar-refractivity contribution is 6.30. The summed E-state index contributed by atoms with van der Waals surface area (Å²) in [6.07, 6.45) is -0.596. The van der Waals surface area contributed by atoms with Gasteiger partial charge in [0.2, 0.25) is 0 Å². The zero-order chi connectivity index (χ0) is 16.3. The number of halogens is 1. The van der Waals surface area contributed by atoms with E-state index in [1.165, 1.54) is 5.56 Å². The third-order valence-electron chi connectivity index (χ3n) is 3.58. The number of anilines is 1. The summed E-state index contributed by atoms with van der Waals surface area (Å²) in [5.41, 5.74) is 4.01. The molecule has 0 aromatic heterocycles. The molecule has 2 rings (SSSR count). The van der Waals surface area contributed by atoms with Gasteiger partial charge in [0.25, 0.3) is 5.91 Å². The van der Waals surface area contributed by atoms with Crippen molar-refractivity contribution in [3.8, 4) is 5.75 Å². The summed E-state index contributed by atoms with van der Waals surface area (Å²) in [6, 6.07) is 11.2. The summed E-state index contributed by atoms with van der Waals surface area (Å²) < 4.78 is 5.72. The summed E-state index contributed by atoms with van der Waals surface area (Å²) >= 11 is 5.92. The predicted molar refractivity (Wildman–Crippen MR) is 90.8 cm³/mol. The van der Waals surface area contributed by atoms with Gasteiger partial charge in [-0.15, -0.1) is 0 Å². The van der Waals surface area contributed by atoms with Crippen LogP contribution >= 0.6 is 11.6 Å². The lowest BCUT2D eigenvalue weighted by Crippen LogP contribution is -2.30. The molecular formula is C18H20ClNO2. The molecule has 2 aromatic rings. The largest absolute Gasteiger partial charge is 0.481 e. The van der Waals surface area contributed by atoms with Crippen molar-refractivity contribution >= 4 is 23.2 Å². The average molecular weight is 318 g/mol. The van der Waals surface area contributed by atoms with Gasteiger partial charge in [0, 0.05) is 10.7 Å². The Hall–Kier alpha value is -2.00. The lowest BCUT2D eigenvalue weighted by molar-refractivity contribution is -0.122. The topological polar surface area (TPSA) is 38.3 Å². The zero-order valence-electron chi connectivity index (χ0n) is 13.2. The first-order valence-electron chi connectivity index (χ1n) is 7.18. The number of nitrogens with one attached hydrogen (secondary N) is 1. The summed E-state index contributed by atoms with van der Waals surface area (Å²) in [7, 11) is 0. The summed E-state index contributed by atoms with van der Waals surface area (Å²) in [5, 5.41) is 3.52. The molecular weight excluding hydrogens is 298 g/mol. The van der Waals surface area contributed by atoms with Gasteiger partial charge >= 0.3 is 0 Å². The molecule has 0 saturated heterocycles. The number of aryl methyl sites for hydroxylation is 3. The minimum Gasteiger partial charge on any atom is -0.481 e. The maximum absolute atomic E-state index is 12.2. The summed E-state index contributed by atoms with van der Waals surface area (Å²) in [6.45, 7) is 7.68. The van der Waals surface area contributed by atoms with E-state index >= 15 is 0 Å². The molecule has 0 aliphatic heterocycles. The van der Waals surface area contributed by atoms with Crippen molar-refractivity contribution in [2.45, 2.75) is 33.8 Å². The maximum atomic E-state index is 12.2. The van der Waals surface area contributed by atoms with Gasteiger partial charge in [-0.1, -0.05) is 17.7 Å². The Balaban J connectivity index is 2.04. The number of amides is 1. The maximum Gasteiger partial charge on any atom is 0.265 e. The van der Waals surface area contributed by atoms with Crippen molar-refractivity contribution < 1.29 is 9.53 Å². The molecule has 22 heavy (non-hydrogen) atoms. The Kier molecular flexibility index (Phi) is 5.09. The minimum absolute atomic E-state index is 0.183. The fourth-order valence-corrected chi connectivity index (χ4v) is 2.28. The SMILES string of the molecule is Cc1ccc(NC(=O)[C@@H](C)Oc2ccc(Cl)cc2C)cc1C. The second-order valence-electron chi connectivity index (χ2n) is 5.46. The summed E-state index contributed by atoms with van der Waals surface area (Å²) in [4.78, 5) is 12.2. The number of benzene rings is 2. The Morgan fingerprint density at radius 1 is 1.05 bits per heavy atom. The number of carbonyl (C=O) groups is 1. The first kappa shape index (κ1) is 16.4. The molecule has 1 N–H and O–H groups in total. The van der Waals surface area contributed by atoms with Gasteiger partial charge in [-0.3, -0.25) is 4.79 Å². The van der Waals surface area contributed by atoms with Crippen LogP contribution in [0.4, 0.5) is 5.69 Å². The molecule has 0 unspecified atom stereocenters. The van der Waals surface area contributed by atoms with E-state index in [4.69, 9.17) is 16.3 Å². The van der Waals surface area contributed by atoms with Crippen LogP contribution in [0, 0.1) is 20.8 Å². The van der Waals surface area contributed by atoms with E-state index in [0.717, 1.165) is 16.8 Å². The van der Waals surface area contributed by atoms with E-state index in [1.54, 1.807) is 19.1 Å². The molecule has 1 amide bonds. The van der Waals surface area contributed by atoms with Crippen molar-refractivity contribution in [1.29, 1.82) is 0 Å². The van der Waals surface area contributed by atoms with Gasteiger partial charge in [0.05, 0.1) is 0 Å². The van der Waals surface area contributed by atoms with Gasteiger partial charge in [-0.2, -0.15) is 0 Å². The van der Waals surface area contributed by atoms with Crippen LogP contribution in [0.25, 0.3) is 0 Å². The Labute approximate surface area is 136 Å². The van der Waals surface area contributed by atoms with Crippen LogP contribution < -0.4 is 10.1 Å². The Morgan fingerprint density at radius 2 is 1.77 bits per heavy atom. The highest BCUT2D eigenvalue weighted by atomic mass is 35.5. The van der Waals surface area contributed by atoms with Gasteiger partial charge in [-0.25, -0.2) is 0 Å². The quantitative estimate of drug-likeness (QED) is 0.889. The van der Waals surface area contributed by atoms with Crippen LogP contribution in [0.1, 0.15) is 23.6 Å². The first-order chi connectivity index (χ1) is 10.4. The number of carbonyl (C=O) groups excluding carboxylic acids is 1. The van der Waals surface area contributed by atoms with Crippen molar-refractivity contribution in [2.24, 2.45) is 0 Å². The molecule has 116 valence electrons. The number of ether oxygens (including phenoxy) is 1. The molecule has 0 aliphatic carbocycles. The van der Waals surface area contributed by atoms with Crippen LogP contribution in [-0.4, -0.2) is 12.0 Å². The fraction of sp³-hybridized carbons (Fsp3) is 0.278. The Bertz CT molecular complexity index is 697. The second kappa shape index (κ2) is 6.84. The molecule has 0 heterocycles. The highest BCUT2D eigenvalue weighted by Crippen LogP contribution is 2.23. The van der Waals surface area contributed by atoms with Crippen LogP contribution in [0.2, 0.25) is 5.02 Å². The minimum atomic E-state index is -0.596. The van der Waals surface area contributed by atoms with E-state index in [0.29, 0.717) is 10.8 Å². The third-order valence-corrected chi connectivity index (χ3v) is 3.82. The fourth-order valence-electron chi connectivity index (χ4n) is 2.05. The zero-order valence-corrected chi connectivity index (χ0v) is 14.0. The van der Waals surface area contributed by atoms with Crippen molar-refractivity contribution in [3.63, 3.8) is 0 Å². The molecule has 0 spiro atoms. The monoisotopic (exact) mass is 317 g/mol. The van der Waals surface area contributed by atoms with E-state index in [2.05, 4.69) is 5.32 Å². The van der Waals surface area contributed by atoms with Crippen LogP contribution in [0.3, 0.4) is 0 Å². The van der Waals surface area contributed by atoms with Gasteiger partial charge in [0.1, 0.15) is 5.75 Å². The van der Waals surface area contributed by atoms with Gasteiger partial charge in [0.15, 0.2) is 6.10 Å². The highest BCUT2D eigenvalue weighted by Gasteiger charge is 2.16. The molecule has 0 aliphatic rings. The van der Waals surface area contributed by atoms with Crippen molar-refractivity contribution in [2.75, 3.05) is 5.32 Å². The van der Waals surface area contributed by atoms with Crippen LogP contribution in [0.15, 0.2) is 36.4 Å². The van der Waals surface area contributed by atoms with Gasteiger partial charge in [-0.05, 0) is 74.7 Å². The molecule has 0 bridgehead atoms. The van der Waals surface area contributed by atoms with Crippen LogP contribution in [0.5, 0.6) is 5.75 Å². The normalized spacial score (nSPS) is 11.9. The smallest absolute Gasteiger partial charge is 0.265 e. The lowest BCUT2D eigenvalue weighted by atomic mass is 10.1. The molecule has 3 nitrogen and oxygen atoms in total. The van der Waals surface area contributed by atoms with Gasteiger partial charge < -0.3 is 10.1 Å². The standard InChI is InChI=1S/C18H20ClNO2/c1-11-5-7-16(10-12(11)2)20-18(21)14(4)22-17-8-6-15(19)9-13(17)3/h5-10,14H,1-4H3,(H,20,21)/t14-/m1/s1. The second-order valence-corrected chi connectivity index (χ2v) is 5.89. The lowest BCUT2D eigenvalue weighted by Gasteiger charge is -2.16. The Morgan fingerprint density at radius 3 is 2.41 bits per heavy atom. The molecule has 0 saturated carbocycles. The van der Waals surface area contributed by atoms with E-state index in [-0.39, 0.29) is 5.91 Å². The van der Waals surface area contributed by atoms with E-state index in [9.17, 15) is 4.79 Å². The van der Waals surface area contributed by atoms with Crippen molar-refractivity contribution in [1.82, 2.24) is 0 Å². The van der Waals surface area contributed by atoms with Crippen LogP contribution in [-0.2, 0) is 4.79 Å². The predicted octanol–water partition coefficient (Wildman–Crippen LogP) is 4.67. The molecule has 4 heteroatoms. The third kappa shape index (κ3) is 4.01. The summed E-state index contributed by atoms with van der Waals surface area (Å²) in [5.74, 6) is 0.477. The number of hydrogen-bond donors (Lipinski definition) is 1. The molecule has 1 atom stereocenters. The molecule has 0 fully saturated rings. The van der Waals surface area contributed by atoms with E-state index in [1.807, 2.05) is 45.0 Å². The average Bonchev–Trinajstić information content (AvgIpc) is 2.45. The molecule has 2 aromatic carbocycles. The van der Waals surface area contributed by atoms with E-state index < -0.39 is 6.10 Å². The van der Waals surface area contributed by atoms with Crippen molar-refractivity contribution in [3.05, 3.63) is 58.1 Å². The molecule has 0 radical (unpaired) electrons. The number of hydrogen-bond acceptors (Lipinski definition) is 2. The number of rotatable bonds is 4. The first-order valence-corrected chi connectivity index (χ1v) is 7.55.